The van der Waals surface area contributed by atoms with Crippen molar-refractivity contribution in [3.63, 3.8) is 0 Å². The second-order valence-electron chi connectivity index (χ2n) is 11.1. The van der Waals surface area contributed by atoms with Gasteiger partial charge < -0.3 is 0 Å². The van der Waals surface area contributed by atoms with Gasteiger partial charge in [0, 0.05) is 34.3 Å². The van der Waals surface area contributed by atoms with E-state index in [1.54, 1.807) is 0 Å². The molecule has 3 aromatic carbocycles. The topological polar surface area (TPSA) is 60.9 Å². The van der Waals surface area contributed by atoms with Crippen LogP contribution in [0.15, 0.2) is 133 Å². The van der Waals surface area contributed by atoms with Gasteiger partial charge in [0.15, 0.2) is 0 Å². The maximum atomic E-state index is 5.16. The number of aliphatic imine (C=N–C) groups is 1. The van der Waals surface area contributed by atoms with E-state index >= 15 is 0 Å². The Morgan fingerprint density at radius 3 is 1.89 bits per heavy atom. The fourth-order valence-electron chi connectivity index (χ4n) is 6.52. The third-order valence-electron chi connectivity index (χ3n) is 8.47. The van der Waals surface area contributed by atoms with Crippen LogP contribution in [0.4, 0.5) is 5.69 Å². The van der Waals surface area contributed by atoms with Gasteiger partial charge in [-0.05, 0) is 61.4 Å². The Morgan fingerprint density at radius 1 is 0.545 bits per heavy atom. The van der Waals surface area contributed by atoms with Crippen molar-refractivity contribution in [1.29, 1.82) is 0 Å². The molecule has 0 aliphatic carbocycles. The molecule has 208 valence electrons. The van der Waals surface area contributed by atoms with Gasteiger partial charge in [-0.2, -0.15) is 0 Å². The first-order valence-electron chi connectivity index (χ1n) is 14.9. The van der Waals surface area contributed by atoms with Crippen molar-refractivity contribution in [3.8, 4) is 34.2 Å². The molecule has 0 bridgehead atoms. The Labute approximate surface area is 253 Å². The lowest BCUT2D eigenvalue weighted by Crippen LogP contribution is -2.05. The van der Waals surface area contributed by atoms with Crippen LogP contribution in [-0.2, 0) is 6.42 Å². The minimum Gasteiger partial charge on any atom is -0.296 e. The highest BCUT2D eigenvalue weighted by Crippen LogP contribution is 2.42. The molecular weight excluding hydrogens is 540 g/mol. The molecule has 8 aromatic rings. The van der Waals surface area contributed by atoms with E-state index in [0.29, 0.717) is 0 Å². The third-order valence-corrected chi connectivity index (χ3v) is 8.47. The molecule has 0 spiro atoms. The summed E-state index contributed by atoms with van der Waals surface area (Å²) in [5, 5.41) is 2.16. The summed E-state index contributed by atoms with van der Waals surface area (Å²) in [6.45, 7) is 0. The molecule has 1 aliphatic heterocycles. The summed E-state index contributed by atoms with van der Waals surface area (Å²) in [5.41, 5.74) is 10.3. The lowest BCUT2D eigenvalue weighted by Gasteiger charge is -2.13. The Morgan fingerprint density at radius 2 is 1.18 bits per heavy atom. The molecule has 0 N–H and O–H groups in total. The predicted octanol–water partition coefficient (Wildman–Crippen LogP) is 8.90. The van der Waals surface area contributed by atoms with Crippen LogP contribution in [0.5, 0.6) is 0 Å². The van der Waals surface area contributed by atoms with Crippen molar-refractivity contribution in [3.05, 3.63) is 133 Å². The number of rotatable bonds is 4. The molecular formula is C38H26N6. The number of nitrogens with zero attached hydrogens (tertiary/aromatic N) is 6. The van der Waals surface area contributed by atoms with Crippen molar-refractivity contribution >= 4 is 44.7 Å². The number of pyridine rings is 3. The Hall–Kier alpha value is -5.88. The van der Waals surface area contributed by atoms with Gasteiger partial charge in [-0.1, -0.05) is 72.8 Å². The number of hydrogen-bond donors (Lipinski definition) is 0. The van der Waals surface area contributed by atoms with Gasteiger partial charge in [-0.25, -0.2) is 9.97 Å². The second kappa shape index (κ2) is 9.85. The molecule has 0 amide bonds. The van der Waals surface area contributed by atoms with E-state index in [4.69, 9.17) is 19.9 Å². The zero-order valence-corrected chi connectivity index (χ0v) is 23.8. The molecule has 0 atom stereocenters. The maximum Gasteiger partial charge on any atom is 0.138 e. The zero-order chi connectivity index (χ0) is 29.0. The van der Waals surface area contributed by atoms with Crippen LogP contribution >= 0.6 is 0 Å². The van der Waals surface area contributed by atoms with Crippen molar-refractivity contribution < 1.29 is 0 Å². The predicted molar refractivity (Wildman–Crippen MR) is 178 cm³/mol. The molecule has 6 nitrogen and oxygen atoms in total. The molecule has 1 aliphatic rings. The number of hydrogen-bond acceptors (Lipinski definition) is 4. The first-order chi connectivity index (χ1) is 21.8. The smallest absolute Gasteiger partial charge is 0.138 e. The van der Waals surface area contributed by atoms with Gasteiger partial charge in [0.1, 0.15) is 11.6 Å². The average Bonchev–Trinajstić information content (AvgIpc) is 3.60. The molecule has 6 heterocycles. The molecule has 44 heavy (non-hydrogen) atoms. The summed E-state index contributed by atoms with van der Waals surface area (Å²) < 4.78 is 4.53. The molecule has 9 rings (SSSR count). The largest absolute Gasteiger partial charge is 0.296 e. The van der Waals surface area contributed by atoms with Gasteiger partial charge in [0.25, 0.3) is 0 Å². The minimum absolute atomic E-state index is 0.854. The molecule has 0 saturated carbocycles. The summed E-state index contributed by atoms with van der Waals surface area (Å²) in [6, 6.07) is 41.7. The second-order valence-corrected chi connectivity index (χ2v) is 11.1. The zero-order valence-electron chi connectivity index (χ0n) is 23.8. The first kappa shape index (κ1) is 24.7. The highest BCUT2D eigenvalue weighted by atomic mass is 15.1. The molecule has 0 unspecified atom stereocenters. The average molecular weight is 567 g/mol. The number of aromatic nitrogens is 5. The van der Waals surface area contributed by atoms with Crippen LogP contribution in [0.2, 0.25) is 0 Å². The number of benzene rings is 3. The van der Waals surface area contributed by atoms with E-state index < -0.39 is 0 Å². The van der Waals surface area contributed by atoms with Gasteiger partial charge in [0.05, 0.1) is 44.8 Å². The van der Waals surface area contributed by atoms with Crippen LogP contribution < -0.4 is 0 Å². The van der Waals surface area contributed by atoms with Gasteiger partial charge in [-0.3, -0.25) is 19.1 Å². The van der Waals surface area contributed by atoms with Crippen LogP contribution in [-0.4, -0.2) is 30.3 Å². The van der Waals surface area contributed by atoms with Crippen LogP contribution in [0.1, 0.15) is 12.1 Å². The van der Waals surface area contributed by atoms with Crippen LogP contribution in [0, 0.1) is 0 Å². The third kappa shape index (κ3) is 3.81. The summed E-state index contributed by atoms with van der Waals surface area (Å²) in [6.07, 6.45) is 5.69. The highest BCUT2D eigenvalue weighted by molar-refractivity contribution is 6.14. The maximum absolute atomic E-state index is 5.16. The lowest BCUT2D eigenvalue weighted by molar-refractivity contribution is 0.892. The van der Waals surface area contributed by atoms with Crippen molar-refractivity contribution in [1.82, 2.24) is 24.1 Å². The van der Waals surface area contributed by atoms with Gasteiger partial charge in [0.2, 0.25) is 0 Å². The Balaban J connectivity index is 1.32. The van der Waals surface area contributed by atoms with E-state index in [-0.39, 0.29) is 0 Å². The number of fused-ring (bicyclic) bond motifs is 6. The van der Waals surface area contributed by atoms with Crippen molar-refractivity contribution in [2.24, 2.45) is 4.99 Å². The van der Waals surface area contributed by atoms with Gasteiger partial charge >= 0.3 is 0 Å². The molecule has 0 radical (unpaired) electrons. The Bertz CT molecular complexity index is 2380. The standard InChI is InChI=1S/C38H26N6/c1-3-11-25(12-4-1)29-15-7-19-35(41-29)43-31-17-9-21-39-37(31)27-24-34-28(23-33(27)43)38-32(18-10-22-40-38)44(34)36-20-8-16-30(42-36)26-13-5-2-6-14-26/h1-9,11-17,19-24H,10,18H2. The first-order valence-corrected chi connectivity index (χ1v) is 14.9. The summed E-state index contributed by atoms with van der Waals surface area (Å²) in [4.78, 5) is 20.1. The Kier molecular flexibility index (Phi) is 5.53. The van der Waals surface area contributed by atoms with Crippen LogP contribution in [0.3, 0.4) is 0 Å². The molecule has 6 heteroatoms. The van der Waals surface area contributed by atoms with E-state index in [2.05, 4.69) is 100 Å². The lowest BCUT2D eigenvalue weighted by atomic mass is 10.1. The van der Waals surface area contributed by atoms with Crippen LogP contribution in [0.25, 0.3) is 67.0 Å². The summed E-state index contributed by atoms with van der Waals surface area (Å²) in [7, 11) is 0. The molecule has 0 saturated heterocycles. The van der Waals surface area contributed by atoms with Crippen molar-refractivity contribution in [2.45, 2.75) is 12.8 Å². The summed E-state index contributed by atoms with van der Waals surface area (Å²) in [5.74, 6) is 1.75. The summed E-state index contributed by atoms with van der Waals surface area (Å²) >= 11 is 0. The van der Waals surface area contributed by atoms with E-state index in [1.807, 2.05) is 42.7 Å². The minimum atomic E-state index is 0.854. The molecule has 0 fully saturated rings. The van der Waals surface area contributed by atoms with E-state index in [9.17, 15) is 0 Å². The van der Waals surface area contributed by atoms with Crippen molar-refractivity contribution in [2.75, 3.05) is 0 Å². The molecule has 5 aromatic heterocycles. The quantitative estimate of drug-likeness (QED) is 0.214. The fraction of sp³-hybridized carbons (Fsp3) is 0.0526. The fourth-order valence-corrected chi connectivity index (χ4v) is 6.52. The van der Waals surface area contributed by atoms with E-state index in [1.165, 1.54) is 5.69 Å². The SMILES string of the molecule is C1=Nc2c(n(-c3cccc(-c4ccccc4)n3)c3cc4c5ncccc5n(-c5cccc(-c6ccccc6)n5)c4cc23)CC1. The van der Waals surface area contributed by atoms with Gasteiger partial charge in [-0.15, -0.1) is 0 Å². The highest BCUT2D eigenvalue weighted by Gasteiger charge is 2.24. The monoisotopic (exact) mass is 566 g/mol. The van der Waals surface area contributed by atoms with E-state index in [0.717, 1.165) is 85.5 Å². The normalized spacial score (nSPS) is 12.7.